The van der Waals surface area contributed by atoms with E-state index in [4.69, 9.17) is 0 Å². The number of Topliss-reactive ketones (excluding diaryl/α,β-unsaturated/α-hetero) is 1. The molecule has 1 aromatic rings. The Balaban J connectivity index is 2.04. The summed E-state index contributed by atoms with van der Waals surface area (Å²) >= 11 is 0. The average Bonchev–Trinajstić information content (AvgIpc) is 2.59. The molecule has 92 valence electrons. The molecule has 1 N–H and O–H groups in total. The van der Waals surface area contributed by atoms with Crippen LogP contribution in [0, 0.1) is 0 Å². The Kier molecular flexibility index (Phi) is 2.26. The Morgan fingerprint density at radius 3 is 2.67 bits per heavy atom. The van der Waals surface area contributed by atoms with E-state index in [1.165, 1.54) is 6.92 Å². The van der Waals surface area contributed by atoms with Crippen molar-refractivity contribution in [1.29, 1.82) is 0 Å². The van der Waals surface area contributed by atoms with Gasteiger partial charge in [0.2, 0.25) is 0 Å². The van der Waals surface area contributed by atoms with Gasteiger partial charge in [0.05, 0.1) is 6.04 Å². The standard InChI is InChI=1S/C14H13NO3/c1-8(16)12-13(17)11-6-9-4-2-3-5-10(9)7-15(11)14(12)18/h2-5,11,17H,6-7H2,1H3. The molecule has 1 atom stereocenters. The van der Waals surface area contributed by atoms with Gasteiger partial charge in [-0.05, 0) is 18.1 Å². The predicted molar refractivity (Wildman–Crippen MR) is 64.8 cm³/mol. The number of aliphatic hydroxyl groups is 1. The third kappa shape index (κ3) is 1.38. The topological polar surface area (TPSA) is 57.6 Å². The molecule has 0 spiro atoms. The van der Waals surface area contributed by atoms with Crippen molar-refractivity contribution in [3.8, 4) is 0 Å². The minimum Gasteiger partial charge on any atom is -0.509 e. The lowest BCUT2D eigenvalue weighted by Gasteiger charge is -2.31. The number of hydrogen-bond acceptors (Lipinski definition) is 3. The zero-order valence-corrected chi connectivity index (χ0v) is 10.0. The summed E-state index contributed by atoms with van der Waals surface area (Å²) in [6, 6.07) is 7.47. The maximum Gasteiger partial charge on any atom is 0.261 e. The van der Waals surface area contributed by atoms with Gasteiger partial charge in [0, 0.05) is 13.0 Å². The summed E-state index contributed by atoms with van der Waals surface area (Å²) in [5.41, 5.74) is 2.16. The second-order valence-electron chi connectivity index (χ2n) is 4.74. The molecule has 18 heavy (non-hydrogen) atoms. The Labute approximate surface area is 105 Å². The fourth-order valence-corrected chi connectivity index (χ4v) is 2.73. The van der Waals surface area contributed by atoms with Crippen LogP contribution < -0.4 is 0 Å². The van der Waals surface area contributed by atoms with Crippen LogP contribution in [0.3, 0.4) is 0 Å². The van der Waals surface area contributed by atoms with Gasteiger partial charge >= 0.3 is 0 Å². The van der Waals surface area contributed by atoms with E-state index in [0.717, 1.165) is 11.1 Å². The lowest BCUT2D eigenvalue weighted by molar-refractivity contribution is -0.129. The highest BCUT2D eigenvalue weighted by molar-refractivity contribution is 6.20. The van der Waals surface area contributed by atoms with Crippen LogP contribution in [-0.2, 0) is 22.6 Å². The summed E-state index contributed by atoms with van der Waals surface area (Å²) < 4.78 is 0. The Morgan fingerprint density at radius 2 is 2.00 bits per heavy atom. The molecule has 4 nitrogen and oxygen atoms in total. The molecule has 1 unspecified atom stereocenters. The van der Waals surface area contributed by atoms with Crippen LogP contribution >= 0.6 is 0 Å². The lowest BCUT2D eigenvalue weighted by atomic mass is 9.94. The number of ketones is 1. The van der Waals surface area contributed by atoms with Crippen molar-refractivity contribution in [2.75, 3.05) is 0 Å². The Bertz CT molecular complexity index is 588. The molecule has 1 amide bonds. The van der Waals surface area contributed by atoms with Crippen molar-refractivity contribution >= 4 is 11.7 Å². The zero-order chi connectivity index (χ0) is 12.9. The maximum atomic E-state index is 12.1. The minimum absolute atomic E-state index is 0.0483. The summed E-state index contributed by atoms with van der Waals surface area (Å²) in [6.07, 6.45) is 0.574. The van der Waals surface area contributed by atoms with E-state index in [1.54, 1.807) is 4.90 Å². The molecule has 2 heterocycles. The first-order valence-corrected chi connectivity index (χ1v) is 5.91. The molecule has 4 heteroatoms. The molecule has 0 bridgehead atoms. The van der Waals surface area contributed by atoms with Crippen molar-refractivity contribution in [2.24, 2.45) is 0 Å². The number of fused-ring (bicyclic) bond motifs is 2. The molecule has 1 aromatic carbocycles. The van der Waals surface area contributed by atoms with E-state index in [1.807, 2.05) is 24.3 Å². The number of carbonyl (C=O) groups excluding carboxylic acids is 2. The number of carbonyl (C=O) groups is 2. The molecule has 0 aromatic heterocycles. The SMILES string of the molecule is CC(=O)C1=C(O)C2Cc3ccccc3CN2C1=O. The number of benzene rings is 1. The molecular weight excluding hydrogens is 230 g/mol. The van der Waals surface area contributed by atoms with Crippen LogP contribution in [0.5, 0.6) is 0 Å². The van der Waals surface area contributed by atoms with E-state index in [9.17, 15) is 14.7 Å². The van der Waals surface area contributed by atoms with Crippen LogP contribution in [-0.4, -0.2) is 27.7 Å². The van der Waals surface area contributed by atoms with E-state index in [0.29, 0.717) is 13.0 Å². The number of nitrogens with zero attached hydrogens (tertiary/aromatic N) is 1. The van der Waals surface area contributed by atoms with E-state index < -0.39 is 0 Å². The molecule has 0 saturated carbocycles. The van der Waals surface area contributed by atoms with Crippen LogP contribution in [0.4, 0.5) is 0 Å². The molecule has 2 aliphatic heterocycles. The van der Waals surface area contributed by atoms with Gasteiger partial charge < -0.3 is 10.0 Å². The molecule has 0 aliphatic carbocycles. The molecule has 0 saturated heterocycles. The number of hydrogen-bond donors (Lipinski definition) is 1. The van der Waals surface area contributed by atoms with Crippen molar-refractivity contribution in [3.63, 3.8) is 0 Å². The number of amides is 1. The van der Waals surface area contributed by atoms with Crippen molar-refractivity contribution in [2.45, 2.75) is 25.9 Å². The van der Waals surface area contributed by atoms with E-state index in [-0.39, 0.29) is 29.1 Å². The van der Waals surface area contributed by atoms with Gasteiger partial charge in [0.15, 0.2) is 5.78 Å². The average molecular weight is 243 g/mol. The number of rotatable bonds is 1. The van der Waals surface area contributed by atoms with Crippen LogP contribution in [0.2, 0.25) is 0 Å². The lowest BCUT2D eigenvalue weighted by Crippen LogP contribution is -2.40. The molecule has 2 aliphatic rings. The van der Waals surface area contributed by atoms with Gasteiger partial charge in [-0.1, -0.05) is 24.3 Å². The predicted octanol–water partition coefficient (Wildman–Crippen LogP) is 1.35. The highest BCUT2D eigenvalue weighted by atomic mass is 16.3. The smallest absolute Gasteiger partial charge is 0.261 e. The van der Waals surface area contributed by atoms with Crippen molar-refractivity contribution in [1.82, 2.24) is 4.90 Å². The summed E-state index contributed by atoms with van der Waals surface area (Å²) in [6.45, 7) is 1.77. The molecular formula is C14H13NO3. The van der Waals surface area contributed by atoms with Crippen LogP contribution in [0.25, 0.3) is 0 Å². The second-order valence-corrected chi connectivity index (χ2v) is 4.74. The van der Waals surface area contributed by atoms with E-state index >= 15 is 0 Å². The van der Waals surface area contributed by atoms with Crippen LogP contribution in [0.15, 0.2) is 35.6 Å². The summed E-state index contributed by atoms with van der Waals surface area (Å²) in [7, 11) is 0. The first-order chi connectivity index (χ1) is 8.59. The third-order valence-electron chi connectivity index (χ3n) is 3.65. The first kappa shape index (κ1) is 11.0. The Morgan fingerprint density at radius 1 is 1.33 bits per heavy atom. The highest BCUT2D eigenvalue weighted by Gasteiger charge is 2.43. The summed E-state index contributed by atoms with van der Waals surface area (Å²) in [5.74, 6) is -0.780. The third-order valence-corrected chi connectivity index (χ3v) is 3.65. The molecule has 0 radical (unpaired) electrons. The Hall–Kier alpha value is -2.10. The van der Waals surface area contributed by atoms with Crippen molar-refractivity contribution < 1.29 is 14.7 Å². The van der Waals surface area contributed by atoms with Gasteiger partial charge in [-0.2, -0.15) is 0 Å². The number of aliphatic hydroxyl groups excluding tert-OH is 1. The maximum absolute atomic E-state index is 12.1. The molecule has 0 fully saturated rings. The minimum atomic E-state index is -0.369. The highest BCUT2D eigenvalue weighted by Crippen LogP contribution is 2.33. The van der Waals surface area contributed by atoms with Gasteiger partial charge in [0.25, 0.3) is 5.91 Å². The summed E-state index contributed by atoms with van der Waals surface area (Å²) in [5, 5.41) is 10.0. The van der Waals surface area contributed by atoms with Gasteiger partial charge in [-0.15, -0.1) is 0 Å². The molecule has 3 rings (SSSR count). The van der Waals surface area contributed by atoms with Crippen molar-refractivity contribution in [3.05, 3.63) is 46.7 Å². The summed E-state index contributed by atoms with van der Waals surface area (Å²) in [4.78, 5) is 25.1. The van der Waals surface area contributed by atoms with Gasteiger partial charge in [-0.3, -0.25) is 9.59 Å². The fourth-order valence-electron chi connectivity index (χ4n) is 2.73. The van der Waals surface area contributed by atoms with E-state index in [2.05, 4.69) is 0 Å². The largest absolute Gasteiger partial charge is 0.509 e. The monoisotopic (exact) mass is 243 g/mol. The quantitative estimate of drug-likeness (QED) is 0.757. The zero-order valence-electron chi connectivity index (χ0n) is 10.0. The second kappa shape index (κ2) is 3.70. The van der Waals surface area contributed by atoms with Crippen LogP contribution in [0.1, 0.15) is 18.1 Å². The van der Waals surface area contributed by atoms with Gasteiger partial charge in [0.1, 0.15) is 11.3 Å². The van der Waals surface area contributed by atoms with Gasteiger partial charge in [-0.25, -0.2) is 0 Å². The first-order valence-electron chi connectivity index (χ1n) is 5.91. The normalized spacial score (nSPS) is 21.9. The fraction of sp³-hybridized carbons (Fsp3) is 0.286.